The summed E-state index contributed by atoms with van der Waals surface area (Å²) < 4.78 is 5.66. The fraction of sp³-hybridized carbons (Fsp3) is 0.381. The predicted molar refractivity (Wildman–Crippen MR) is 98.4 cm³/mol. The molecule has 1 amide bonds. The molecule has 3 heteroatoms. The van der Waals surface area contributed by atoms with Crippen molar-refractivity contribution in [2.24, 2.45) is 0 Å². The lowest BCUT2D eigenvalue weighted by Gasteiger charge is -2.17. The molecule has 0 aliphatic heterocycles. The van der Waals surface area contributed by atoms with Crippen LogP contribution in [0.15, 0.2) is 42.5 Å². The molecule has 24 heavy (non-hydrogen) atoms. The first-order chi connectivity index (χ1) is 11.5. The zero-order chi connectivity index (χ0) is 17.5. The SMILES string of the molecule is Cc1ccc(OCCCC(=O)N[C@H](C)c2cc(C)ccc2C)cc1. The Balaban J connectivity index is 1.74. The van der Waals surface area contributed by atoms with Gasteiger partial charge in [0.05, 0.1) is 12.6 Å². The van der Waals surface area contributed by atoms with Crippen LogP contribution in [-0.4, -0.2) is 12.5 Å². The summed E-state index contributed by atoms with van der Waals surface area (Å²) in [4.78, 5) is 12.1. The van der Waals surface area contributed by atoms with Gasteiger partial charge in [0.1, 0.15) is 5.75 Å². The third-order valence-electron chi connectivity index (χ3n) is 4.12. The molecule has 0 fully saturated rings. The van der Waals surface area contributed by atoms with Crippen LogP contribution < -0.4 is 10.1 Å². The van der Waals surface area contributed by atoms with Gasteiger partial charge in [0, 0.05) is 6.42 Å². The van der Waals surface area contributed by atoms with E-state index in [0.29, 0.717) is 19.4 Å². The molecule has 0 saturated carbocycles. The number of hydrogen-bond donors (Lipinski definition) is 1. The Labute approximate surface area is 145 Å². The van der Waals surface area contributed by atoms with Crippen LogP contribution in [0.25, 0.3) is 0 Å². The lowest BCUT2D eigenvalue weighted by atomic mass is 10.00. The van der Waals surface area contributed by atoms with Gasteiger partial charge in [-0.2, -0.15) is 0 Å². The largest absolute Gasteiger partial charge is 0.494 e. The second kappa shape index (κ2) is 8.53. The molecule has 3 nitrogen and oxygen atoms in total. The maximum atomic E-state index is 12.1. The molecular formula is C21H27NO2. The van der Waals surface area contributed by atoms with E-state index in [-0.39, 0.29) is 11.9 Å². The summed E-state index contributed by atoms with van der Waals surface area (Å²) in [5, 5.41) is 3.08. The molecule has 0 bridgehead atoms. The standard InChI is InChI=1S/C21H27NO2/c1-15-8-11-19(12-9-15)24-13-5-6-21(23)22-18(4)20-14-16(2)7-10-17(20)3/h7-12,14,18H,5-6,13H2,1-4H3,(H,22,23)/t18-/m1/s1. The lowest BCUT2D eigenvalue weighted by Crippen LogP contribution is -2.27. The molecule has 1 N–H and O–H groups in total. The van der Waals surface area contributed by atoms with Gasteiger partial charge in [-0.1, -0.05) is 41.5 Å². The van der Waals surface area contributed by atoms with Crippen molar-refractivity contribution in [3.63, 3.8) is 0 Å². The fourth-order valence-corrected chi connectivity index (χ4v) is 2.68. The molecule has 2 rings (SSSR count). The average molecular weight is 325 g/mol. The van der Waals surface area contributed by atoms with Crippen LogP contribution in [0.1, 0.15) is 48.1 Å². The molecule has 0 aliphatic carbocycles. The maximum Gasteiger partial charge on any atom is 0.220 e. The molecule has 128 valence electrons. The van der Waals surface area contributed by atoms with E-state index in [1.807, 2.05) is 38.1 Å². The Bertz CT molecular complexity index is 677. The van der Waals surface area contributed by atoms with Gasteiger partial charge in [0.15, 0.2) is 0 Å². The summed E-state index contributed by atoms with van der Waals surface area (Å²) in [5.41, 5.74) is 4.81. The normalized spacial score (nSPS) is 11.8. The molecule has 0 aromatic heterocycles. The Morgan fingerprint density at radius 3 is 2.42 bits per heavy atom. The van der Waals surface area contributed by atoms with Crippen molar-refractivity contribution in [3.05, 3.63) is 64.7 Å². The average Bonchev–Trinajstić information content (AvgIpc) is 2.55. The molecule has 0 spiro atoms. The van der Waals surface area contributed by atoms with E-state index in [2.05, 4.69) is 37.4 Å². The highest BCUT2D eigenvalue weighted by Crippen LogP contribution is 2.19. The van der Waals surface area contributed by atoms with Crippen molar-refractivity contribution >= 4 is 5.91 Å². The van der Waals surface area contributed by atoms with Gasteiger partial charge < -0.3 is 10.1 Å². The first-order valence-corrected chi connectivity index (χ1v) is 8.51. The van der Waals surface area contributed by atoms with Crippen molar-refractivity contribution in [3.8, 4) is 5.75 Å². The highest BCUT2D eigenvalue weighted by Gasteiger charge is 2.11. The van der Waals surface area contributed by atoms with Crippen molar-refractivity contribution in [1.82, 2.24) is 5.32 Å². The Hall–Kier alpha value is -2.29. The summed E-state index contributed by atoms with van der Waals surface area (Å²) in [7, 11) is 0. The summed E-state index contributed by atoms with van der Waals surface area (Å²) in [6.45, 7) is 8.77. The highest BCUT2D eigenvalue weighted by molar-refractivity contribution is 5.76. The number of benzene rings is 2. The lowest BCUT2D eigenvalue weighted by molar-refractivity contribution is -0.121. The van der Waals surface area contributed by atoms with Gasteiger partial charge in [-0.05, 0) is 57.4 Å². The second-order valence-electron chi connectivity index (χ2n) is 6.41. The fourth-order valence-electron chi connectivity index (χ4n) is 2.68. The second-order valence-corrected chi connectivity index (χ2v) is 6.41. The molecular weight excluding hydrogens is 298 g/mol. The number of aryl methyl sites for hydroxylation is 3. The predicted octanol–water partition coefficient (Wildman–Crippen LogP) is 4.65. The van der Waals surface area contributed by atoms with E-state index >= 15 is 0 Å². The van der Waals surface area contributed by atoms with Crippen LogP contribution in [0.4, 0.5) is 0 Å². The van der Waals surface area contributed by atoms with Crippen LogP contribution in [0.3, 0.4) is 0 Å². The smallest absolute Gasteiger partial charge is 0.220 e. The molecule has 0 heterocycles. The number of nitrogens with one attached hydrogen (secondary N) is 1. The molecule has 0 unspecified atom stereocenters. The summed E-state index contributed by atoms with van der Waals surface area (Å²) in [5.74, 6) is 0.917. The first-order valence-electron chi connectivity index (χ1n) is 8.51. The van der Waals surface area contributed by atoms with Crippen LogP contribution in [0, 0.1) is 20.8 Å². The molecule has 1 atom stereocenters. The Morgan fingerprint density at radius 2 is 1.71 bits per heavy atom. The zero-order valence-corrected chi connectivity index (χ0v) is 15.1. The number of ether oxygens (including phenoxy) is 1. The summed E-state index contributed by atoms with van der Waals surface area (Å²) >= 11 is 0. The van der Waals surface area contributed by atoms with Crippen LogP contribution in [0.2, 0.25) is 0 Å². The van der Waals surface area contributed by atoms with Gasteiger partial charge in [-0.3, -0.25) is 4.79 Å². The molecule has 2 aromatic carbocycles. The van der Waals surface area contributed by atoms with E-state index in [1.165, 1.54) is 22.3 Å². The van der Waals surface area contributed by atoms with Gasteiger partial charge in [0.2, 0.25) is 5.91 Å². The minimum atomic E-state index is 0.0235. The van der Waals surface area contributed by atoms with Gasteiger partial charge in [-0.15, -0.1) is 0 Å². The van der Waals surface area contributed by atoms with Gasteiger partial charge in [-0.25, -0.2) is 0 Å². The quantitative estimate of drug-likeness (QED) is 0.753. The number of rotatable bonds is 7. The third-order valence-corrected chi connectivity index (χ3v) is 4.12. The van der Waals surface area contributed by atoms with Crippen LogP contribution in [-0.2, 0) is 4.79 Å². The molecule has 0 saturated heterocycles. The van der Waals surface area contributed by atoms with E-state index < -0.39 is 0 Å². The van der Waals surface area contributed by atoms with Gasteiger partial charge >= 0.3 is 0 Å². The summed E-state index contributed by atoms with van der Waals surface area (Å²) in [6, 6.07) is 14.3. The van der Waals surface area contributed by atoms with Crippen molar-refractivity contribution in [1.29, 1.82) is 0 Å². The molecule has 2 aromatic rings. The number of hydrogen-bond acceptors (Lipinski definition) is 2. The van der Waals surface area contributed by atoms with Crippen molar-refractivity contribution in [2.45, 2.75) is 46.6 Å². The molecule has 0 radical (unpaired) electrons. The van der Waals surface area contributed by atoms with E-state index in [9.17, 15) is 4.79 Å². The monoisotopic (exact) mass is 325 g/mol. The van der Waals surface area contributed by atoms with E-state index in [4.69, 9.17) is 4.74 Å². The Morgan fingerprint density at radius 1 is 1.04 bits per heavy atom. The number of carbonyl (C=O) groups excluding carboxylic acids is 1. The minimum Gasteiger partial charge on any atom is -0.494 e. The van der Waals surface area contributed by atoms with Gasteiger partial charge in [0.25, 0.3) is 0 Å². The Kier molecular flexibility index (Phi) is 6.42. The first kappa shape index (κ1) is 18.1. The number of carbonyl (C=O) groups is 1. The minimum absolute atomic E-state index is 0.0235. The van der Waals surface area contributed by atoms with E-state index in [0.717, 1.165) is 5.75 Å². The maximum absolute atomic E-state index is 12.1. The summed E-state index contributed by atoms with van der Waals surface area (Å²) in [6.07, 6.45) is 1.18. The van der Waals surface area contributed by atoms with E-state index in [1.54, 1.807) is 0 Å². The van der Waals surface area contributed by atoms with Crippen molar-refractivity contribution < 1.29 is 9.53 Å². The van der Waals surface area contributed by atoms with Crippen molar-refractivity contribution in [2.75, 3.05) is 6.61 Å². The number of amides is 1. The zero-order valence-electron chi connectivity index (χ0n) is 15.1. The third kappa shape index (κ3) is 5.41. The topological polar surface area (TPSA) is 38.3 Å². The molecule has 0 aliphatic rings. The van der Waals surface area contributed by atoms with Crippen LogP contribution in [0.5, 0.6) is 5.75 Å². The highest BCUT2D eigenvalue weighted by atomic mass is 16.5. The van der Waals surface area contributed by atoms with Crippen LogP contribution >= 0.6 is 0 Å².